The van der Waals surface area contributed by atoms with Crippen LogP contribution in [0.3, 0.4) is 0 Å². The molecular weight excluding hydrogens is 253 g/mol. The molecule has 2 atom stereocenters. The van der Waals surface area contributed by atoms with Gasteiger partial charge < -0.3 is 9.80 Å². The summed E-state index contributed by atoms with van der Waals surface area (Å²) in [5.74, 6) is -0.987. The third-order valence-corrected chi connectivity index (χ3v) is 3.52. The molecule has 0 N–H and O–H groups in total. The van der Waals surface area contributed by atoms with E-state index < -0.39 is 36.3 Å². The van der Waals surface area contributed by atoms with E-state index >= 15 is 0 Å². The summed E-state index contributed by atoms with van der Waals surface area (Å²) in [6, 6.07) is 7.00. The third kappa shape index (κ3) is 2.30. The fraction of sp³-hybridized carbons (Fsp3) is 0.500. The Kier molecular flexibility index (Phi) is 2.68. The Bertz CT molecular complexity index is 608. The summed E-state index contributed by atoms with van der Waals surface area (Å²) in [7, 11) is 1.55. The van der Waals surface area contributed by atoms with Crippen molar-refractivity contribution in [3.05, 3.63) is 35.9 Å². The van der Waals surface area contributed by atoms with Gasteiger partial charge in [0.05, 0.1) is 0 Å². The van der Waals surface area contributed by atoms with Crippen LogP contribution in [0, 0.1) is 5.41 Å². The van der Waals surface area contributed by atoms with Crippen molar-refractivity contribution in [1.82, 2.24) is 9.80 Å². The number of amides is 2. The minimum atomic E-state index is -2.57. The molecule has 1 aromatic carbocycles. The van der Waals surface area contributed by atoms with Crippen molar-refractivity contribution in [3.63, 3.8) is 0 Å². The van der Waals surface area contributed by atoms with E-state index in [1.165, 1.54) is 9.80 Å². The normalized spacial score (nSPS) is 26.2. The van der Waals surface area contributed by atoms with Crippen LogP contribution in [0.2, 0.25) is 0 Å². The largest absolute Gasteiger partial charge is 0.323 e. The van der Waals surface area contributed by atoms with Crippen LogP contribution in [0.5, 0.6) is 0 Å². The smallest absolute Gasteiger partial charge is 0.256 e. The van der Waals surface area contributed by atoms with Gasteiger partial charge in [0, 0.05) is 22.1 Å². The van der Waals surface area contributed by atoms with Crippen LogP contribution in [0.4, 0.5) is 0 Å². The summed E-state index contributed by atoms with van der Waals surface area (Å²) in [5.41, 5.74) is -0.103. The number of carbonyl (C=O) groups is 2. The average molecular weight is 278 g/mol. The molecule has 0 bridgehead atoms. The lowest BCUT2D eigenvalue weighted by molar-refractivity contribution is -0.129. The number of benzene rings is 1. The highest BCUT2D eigenvalue weighted by molar-refractivity contribution is 5.99. The Balaban J connectivity index is 2.56. The summed E-state index contributed by atoms with van der Waals surface area (Å²) in [4.78, 5) is 28.1. The van der Waals surface area contributed by atoms with E-state index in [4.69, 9.17) is 4.11 Å². The lowest BCUT2D eigenvalue weighted by Crippen LogP contribution is -2.50. The fourth-order valence-corrected chi connectivity index (χ4v) is 2.72. The van der Waals surface area contributed by atoms with Gasteiger partial charge in [0.1, 0.15) is 12.2 Å². The molecule has 2 unspecified atom stereocenters. The molecule has 2 amide bonds. The molecule has 1 aromatic rings. The molecule has 1 heterocycles. The molecule has 1 fully saturated rings. The van der Waals surface area contributed by atoms with Gasteiger partial charge in [-0.15, -0.1) is 0 Å². The Hall–Kier alpha value is -1.84. The highest BCUT2D eigenvalue weighted by atomic mass is 16.2. The number of rotatable bonds is 1. The van der Waals surface area contributed by atoms with Crippen molar-refractivity contribution >= 4 is 11.8 Å². The first kappa shape index (κ1) is 10.9. The summed E-state index contributed by atoms with van der Waals surface area (Å²) in [5, 5.41) is 0. The number of likely N-dealkylation sites (N-methyl/N-ethyl adjacent to an activating group) is 1. The van der Waals surface area contributed by atoms with Crippen LogP contribution in [-0.4, -0.2) is 40.9 Å². The minimum absolute atomic E-state index is 0.374. The SMILES string of the molecule is [2H][13C]([2H])([2H])C1C(=O)N(C)C(C(C)(C)C)N1C(=O)c1ccccc1. The second kappa shape index (κ2) is 4.93. The van der Waals surface area contributed by atoms with Gasteiger partial charge in [-0.3, -0.25) is 9.59 Å². The van der Waals surface area contributed by atoms with Crippen molar-refractivity contribution in [1.29, 1.82) is 0 Å². The predicted molar refractivity (Wildman–Crippen MR) is 78.1 cm³/mol. The Morgan fingerprint density at radius 2 is 1.85 bits per heavy atom. The zero-order chi connectivity index (χ0) is 17.6. The topological polar surface area (TPSA) is 40.6 Å². The lowest BCUT2D eigenvalue weighted by atomic mass is 9.91. The number of nitrogens with zero attached hydrogens (tertiary/aromatic N) is 2. The van der Waals surface area contributed by atoms with E-state index in [2.05, 4.69) is 0 Å². The van der Waals surface area contributed by atoms with E-state index in [9.17, 15) is 9.59 Å². The van der Waals surface area contributed by atoms with E-state index in [0.717, 1.165) is 0 Å². The molecular formula is C16H22N2O2. The first-order valence-electron chi connectivity index (χ1n) is 8.10. The van der Waals surface area contributed by atoms with Gasteiger partial charge in [-0.05, 0) is 19.0 Å². The zero-order valence-corrected chi connectivity index (χ0v) is 12.3. The maximum atomic E-state index is 12.9. The Morgan fingerprint density at radius 1 is 1.25 bits per heavy atom. The van der Waals surface area contributed by atoms with E-state index in [-0.39, 0.29) is 0 Å². The monoisotopic (exact) mass is 278 g/mol. The van der Waals surface area contributed by atoms with Gasteiger partial charge in [0.25, 0.3) is 5.91 Å². The van der Waals surface area contributed by atoms with Crippen LogP contribution in [0.1, 0.15) is 42.1 Å². The standard InChI is InChI=1S/C16H22N2O2/c1-11-13(19)17(5)15(16(2,3)4)18(11)14(20)12-9-7-6-8-10-12/h6-11,15H,1-5H3/i1+1D3. The third-order valence-electron chi connectivity index (χ3n) is 3.52. The quantitative estimate of drug-likeness (QED) is 0.740. The summed E-state index contributed by atoms with van der Waals surface area (Å²) in [6.07, 6.45) is -0.617. The number of hydrogen-bond donors (Lipinski definition) is 0. The highest BCUT2D eigenvalue weighted by Gasteiger charge is 2.49. The summed E-state index contributed by atoms with van der Waals surface area (Å²) in [6.45, 7) is 3.08. The molecule has 2 rings (SSSR count). The Labute approximate surface area is 124 Å². The van der Waals surface area contributed by atoms with Crippen LogP contribution in [0.25, 0.3) is 0 Å². The van der Waals surface area contributed by atoms with E-state index in [1.807, 2.05) is 20.8 Å². The van der Waals surface area contributed by atoms with E-state index in [1.54, 1.807) is 37.4 Å². The minimum Gasteiger partial charge on any atom is -0.323 e. The van der Waals surface area contributed by atoms with Crippen LogP contribution in [0.15, 0.2) is 30.3 Å². The van der Waals surface area contributed by atoms with Crippen LogP contribution >= 0.6 is 0 Å². The molecule has 0 spiro atoms. The van der Waals surface area contributed by atoms with Gasteiger partial charge in [0.15, 0.2) is 0 Å². The van der Waals surface area contributed by atoms with Crippen molar-refractivity contribution in [3.8, 4) is 0 Å². The second-order valence-corrected chi connectivity index (χ2v) is 6.17. The molecule has 0 aromatic heterocycles. The number of hydrogen-bond acceptors (Lipinski definition) is 2. The fourth-order valence-electron chi connectivity index (χ4n) is 2.72. The van der Waals surface area contributed by atoms with Crippen LogP contribution in [-0.2, 0) is 4.79 Å². The highest BCUT2D eigenvalue weighted by Crippen LogP contribution is 2.34. The van der Waals surface area contributed by atoms with Crippen molar-refractivity contribution in [2.75, 3.05) is 7.05 Å². The molecule has 4 heteroatoms. The van der Waals surface area contributed by atoms with Gasteiger partial charge >= 0.3 is 0 Å². The molecule has 0 saturated carbocycles. The summed E-state index contributed by atoms with van der Waals surface area (Å²) < 4.78 is 23.2. The van der Waals surface area contributed by atoms with Gasteiger partial charge in [0.2, 0.25) is 5.91 Å². The van der Waals surface area contributed by atoms with Crippen molar-refractivity contribution in [2.24, 2.45) is 5.41 Å². The second-order valence-electron chi connectivity index (χ2n) is 6.17. The molecule has 108 valence electrons. The molecule has 4 nitrogen and oxygen atoms in total. The van der Waals surface area contributed by atoms with Gasteiger partial charge in [-0.1, -0.05) is 39.0 Å². The van der Waals surface area contributed by atoms with Gasteiger partial charge in [-0.25, -0.2) is 0 Å². The number of carbonyl (C=O) groups excluding carboxylic acids is 2. The summed E-state index contributed by atoms with van der Waals surface area (Å²) >= 11 is 0. The lowest BCUT2D eigenvalue weighted by Gasteiger charge is -2.38. The van der Waals surface area contributed by atoms with E-state index in [0.29, 0.717) is 5.56 Å². The predicted octanol–water partition coefficient (Wildman–Crippen LogP) is 2.36. The first-order chi connectivity index (χ1) is 10.5. The van der Waals surface area contributed by atoms with Crippen molar-refractivity contribution in [2.45, 2.75) is 39.8 Å². The molecule has 1 saturated heterocycles. The molecule has 1 aliphatic heterocycles. The first-order valence-corrected chi connectivity index (χ1v) is 6.60. The maximum Gasteiger partial charge on any atom is 0.256 e. The van der Waals surface area contributed by atoms with Crippen molar-refractivity contribution < 1.29 is 13.7 Å². The average Bonchev–Trinajstić information content (AvgIpc) is 2.71. The molecule has 20 heavy (non-hydrogen) atoms. The molecule has 0 aliphatic carbocycles. The maximum absolute atomic E-state index is 12.9. The molecule has 1 aliphatic rings. The Morgan fingerprint density at radius 3 is 2.35 bits per heavy atom. The van der Waals surface area contributed by atoms with Gasteiger partial charge in [-0.2, -0.15) is 0 Å². The van der Waals surface area contributed by atoms with Crippen LogP contribution < -0.4 is 0 Å². The molecule has 0 radical (unpaired) electrons. The zero-order valence-electron chi connectivity index (χ0n) is 15.3.